The lowest BCUT2D eigenvalue weighted by molar-refractivity contribution is -0.0505. The van der Waals surface area contributed by atoms with Crippen molar-refractivity contribution in [2.24, 2.45) is 5.73 Å². The molecule has 0 amide bonds. The number of rotatable bonds is 8. The van der Waals surface area contributed by atoms with Gasteiger partial charge in [-0.3, -0.25) is 4.79 Å². The number of pyridine rings is 1. The highest BCUT2D eigenvalue weighted by molar-refractivity contribution is 5.20. The Labute approximate surface area is 163 Å². The van der Waals surface area contributed by atoms with Crippen LogP contribution in [-0.4, -0.2) is 30.4 Å². The largest absolute Gasteiger partial charge is 0.433 e. The third-order valence-electron chi connectivity index (χ3n) is 5.27. The molecule has 0 saturated heterocycles. The number of aromatic nitrogens is 1. The van der Waals surface area contributed by atoms with E-state index in [0.717, 1.165) is 25.7 Å². The van der Waals surface area contributed by atoms with Crippen LogP contribution >= 0.6 is 0 Å². The van der Waals surface area contributed by atoms with Crippen molar-refractivity contribution >= 4 is 0 Å². The summed E-state index contributed by atoms with van der Waals surface area (Å²) < 4.78 is 36.6. The molecule has 0 spiro atoms. The summed E-state index contributed by atoms with van der Waals surface area (Å²) in [7, 11) is 0. The van der Waals surface area contributed by atoms with Crippen molar-refractivity contribution in [1.29, 1.82) is 0 Å². The van der Waals surface area contributed by atoms with E-state index in [1.165, 1.54) is 28.5 Å². The van der Waals surface area contributed by atoms with Crippen LogP contribution < -0.4 is 16.0 Å². The number of halogens is 2. The topological polar surface area (TPSA) is 66.5 Å². The number of nitrogens with zero attached hydrogens (tertiary/aromatic N) is 1. The fourth-order valence-electron chi connectivity index (χ4n) is 3.74. The molecule has 1 aliphatic rings. The molecule has 0 bridgehead atoms. The first-order valence-electron chi connectivity index (χ1n) is 9.60. The molecule has 0 aliphatic heterocycles. The molecule has 7 heteroatoms. The van der Waals surface area contributed by atoms with Gasteiger partial charge in [0, 0.05) is 18.8 Å². The van der Waals surface area contributed by atoms with Gasteiger partial charge in [0.25, 0.3) is 5.56 Å². The van der Waals surface area contributed by atoms with Gasteiger partial charge in [-0.25, -0.2) is 0 Å². The molecule has 1 heterocycles. The van der Waals surface area contributed by atoms with Crippen LogP contribution in [0.2, 0.25) is 0 Å². The molecule has 1 atom stereocenters. The minimum atomic E-state index is -2.95. The first-order valence-corrected chi connectivity index (χ1v) is 9.60. The predicted molar refractivity (Wildman–Crippen MR) is 103 cm³/mol. The molecular formula is C21H26F2N2O3. The molecular weight excluding hydrogens is 366 g/mol. The Morgan fingerprint density at radius 3 is 2.43 bits per heavy atom. The van der Waals surface area contributed by atoms with Crippen molar-refractivity contribution in [2.75, 3.05) is 13.2 Å². The van der Waals surface area contributed by atoms with Crippen LogP contribution in [0.5, 0.6) is 5.75 Å². The zero-order valence-corrected chi connectivity index (χ0v) is 15.7. The predicted octanol–water partition coefficient (Wildman–Crippen LogP) is 3.69. The lowest BCUT2D eigenvalue weighted by Gasteiger charge is -2.30. The molecule has 1 fully saturated rings. The second-order valence-corrected chi connectivity index (χ2v) is 7.10. The number of alkyl halides is 2. The summed E-state index contributed by atoms with van der Waals surface area (Å²) in [6, 6.07) is 12.5. The molecule has 5 nitrogen and oxygen atoms in total. The van der Waals surface area contributed by atoms with E-state index in [9.17, 15) is 13.6 Å². The summed E-state index contributed by atoms with van der Waals surface area (Å²) in [6.07, 6.45) is 5.38. The Balaban J connectivity index is 1.56. The zero-order valence-electron chi connectivity index (χ0n) is 15.7. The maximum Gasteiger partial charge on any atom is 0.387 e. The van der Waals surface area contributed by atoms with Crippen molar-refractivity contribution in [1.82, 2.24) is 4.57 Å². The lowest BCUT2D eigenvalue weighted by atomic mass is 9.83. The summed E-state index contributed by atoms with van der Waals surface area (Å²) in [5.74, 6) is 0.480. The molecule has 1 aliphatic carbocycles. The highest BCUT2D eigenvalue weighted by Gasteiger charge is 2.24. The first-order chi connectivity index (χ1) is 13.6. The van der Waals surface area contributed by atoms with Gasteiger partial charge in [0.15, 0.2) is 0 Å². The molecule has 0 radical (unpaired) electrons. The van der Waals surface area contributed by atoms with Gasteiger partial charge in [-0.2, -0.15) is 8.78 Å². The quantitative estimate of drug-likeness (QED) is 0.744. The van der Waals surface area contributed by atoms with Crippen LogP contribution in [0, 0.1) is 0 Å². The maximum atomic E-state index is 12.4. The Morgan fingerprint density at radius 2 is 1.79 bits per heavy atom. The van der Waals surface area contributed by atoms with E-state index in [2.05, 4.69) is 29.0 Å². The van der Waals surface area contributed by atoms with Crippen molar-refractivity contribution < 1.29 is 18.3 Å². The fourth-order valence-corrected chi connectivity index (χ4v) is 3.74. The van der Waals surface area contributed by atoms with Gasteiger partial charge in [0.1, 0.15) is 5.75 Å². The van der Waals surface area contributed by atoms with Gasteiger partial charge in [0.05, 0.1) is 18.8 Å². The molecule has 3 rings (SSSR count). The van der Waals surface area contributed by atoms with E-state index in [-0.39, 0.29) is 30.6 Å². The van der Waals surface area contributed by atoms with Crippen LogP contribution in [-0.2, 0) is 4.74 Å². The van der Waals surface area contributed by atoms with Crippen molar-refractivity contribution in [3.05, 3.63) is 64.6 Å². The minimum Gasteiger partial charge on any atom is -0.433 e. The van der Waals surface area contributed by atoms with Gasteiger partial charge in [-0.05, 0) is 43.2 Å². The number of nitrogens with two attached hydrogens (primary N) is 1. The zero-order chi connectivity index (χ0) is 19.9. The number of hydrogen-bond donors (Lipinski definition) is 1. The molecule has 152 valence electrons. The standard InChI is InChI=1S/C21H26F2N2O3/c22-21(23)28-19-10-11-20(26)25(13-19)17(12-24)14-27-18-8-6-16(7-9-18)15-4-2-1-3-5-15/h1-5,10-11,13,16-18,21H,6-9,12,14,24H2. The number of ether oxygens (including phenoxy) is 2. The monoisotopic (exact) mass is 392 g/mol. The van der Waals surface area contributed by atoms with Gasteiger partial charge in [-0.15, -0.1) is 0 Å². The average Bonchev–Trinajstić information content (AvgIpc) is 2.71. The second kappa shape index (κ2) is 9.80. The van der Waals surface area contributed by atoms with Gasteiger partial charge < -0.3 is 19.8 Å². The van der Waals surface area contributed by atoms with Crippen LogP contribution in [0.25, 0.3) is 0 Å². The minimum absolute atomic E-state index is 0.0728. The van der Waals surface area contributed by atoms with Gasteiger partial charge in [-0.1, -0.05) is 30.3 Å². The fraction of sp³-hybridized carbons (Fsp3) is 0.476. The van der Waals surface area contributed by atoms with Crippen LogP contribution in [0.3, 0.4) is 0 Å². The maximum absolute atomic E-state index is 12.4. The van der Waals surface area contributed by atoms with Crippen molar-refractivity contribution in [2.45, 2.75) is 50.4 Å². The Morgan fingerprint density at radius 1 is 1.07 bits per heavy atom. The van der Waals surface area contributed by atoms with Crippen molar-refractivity contribution in [3.63, 3.8) is 0 Å². The van der Waals surface area contributed by atoms with Crippen molar-refractivity contribution in [3.8, 4) is 5.75 Å². The lowest BCUT2D eigenvalue weighted by Crippen LogP contribution is -2.34. The Kier molecular flexibility index (Phi) is 7.17. The van der Waals surface area contributed by atoms with E-state index >= 15 is 0 Å². The van der Waals surface area contributed by atoms with Crippen LogP contribution in [0.4, 0.5) is 8.78 Å². The van der Waals surface area contributed by atoms with E-state index < -0.39 is 12.7 Å². The average molecular weight is 392 g/mol. The highest BCUT2D eigenvalue weighted by atomic mass is 19.3. The van der Waals surface area contributed by atoms with E-state index in [0.29, 0.717) is 5.92 Å². The second-order valence-electron chi connectivity index (χ2n) is 7.10. The summed E-state index contributed by atoms with van der Waals surface area (Å²) in [5, 5.41) is 0. The normalized spacial score (nSPS) is 20.9. The molecule has 1 saturated carbocycles. The SMILES string of the molecule is NCC(COC1CCC(c2ccccc2)CC1)n1cc(OC(F)F)ccc1=O. The summed E-state index contributed by atoms with van der Waals surface area (Å²) >= 11 is 0. The molecule has 2 aromatic rings. The van der Waals surface area contributed by atoms with Gasteiger partial charge in [0.2, 0.25) is 0 Å². The first kappa shape index (κ1) is 20.5. The summed E-state index contributed by atoms with van der Waals surface area (Å²) in [4.78, 5) is 12.1. The third-order valence-corrected chi connectivity index (χ3v) is 5.27. The number of benzene rings is 1. The molecule has 2 N–H and O–H groups in total. The molecule has 1 aromatic carbocycles. The van der Waals surface area contributed by atoms with Crippen LogP contribution in [0.15, 0.2) is 53.5 Å². The van der Waals surface area contributed by atoms with E-state index in [1.807, 2.05) is 6.07 Å². The van der Waals surface area contributed by atoms with Crippen LogP contribution in [0.1, 0.15) is 43.2 Å². The highest BCUT2D eigenvalue weighted by Crippen LogP contribution is 2.34. The van der Waals surface area contributed by atoms with E-state index in [1.54, 1.807) is 0 Å². The molecule has 1 unspecified atom stereocenters. The smallest absolute Gasteiger partial charge is 0.387 e. The third kappa shape index (κ3) is 5.39. The Hall–Kier alpha value is -2.25. The summed E-state index contributed by atoms with van der Waals surface area (Å²) in [6.45, 7) is -2.52. The van der Waals surface area contributed by atoms with E-state index in [4.69, 9.17) is 10.5 Å². The summed E-state index contributed by atoms with van der Waals surface area (Å²) in [5.41, 5.74) is 6.85. The van der Waals surface area contributed by atoms with Gasteiger partial charge >= 0.3 is 6.61 Å². The molecule has 1 aromatic heterocycles. The Bertz CT molecular complexity index is 790. The molecule has 28 heavy (non-hydrogen) atoms. The number of hydrogen-bond acceptors (Lipinski definition) is 4.